The Kier molecular flexibility index (Phi) is 7.49. The van der Waals surface area contributed by atoms with Gasteiger partial charge >= 0.3 is 0 Å². The van der Waals surface area contributed by atoms with Crippen LogP contribution >= 0.6 is 20.2 Å². The van der Waals surface area contributed by atoms with Gasteiger partial charge in [-0.1, -0.05) is 0 Å². The van der Waals surface area contributed by atoms with Gasteiger partial charge < -0.3 is 0 Å². The molecule has 0 rings (SSSR count). The molecule has 0 aromatic heterocycles. The van der Waals surface area contributed by atoms with E-state index in [-0.39, 0.29) is 0 Å². The summed E-state index contributed by atoms with van der Waals surface area (Å²) < 4.78 is 7.17. The molecule has 14 heavy (non-hydrogen) atoms. The summed E-state index contributed by atoms with van der Waals surface area (Å²) in [6.45, 7) is 8.43. The molecule has 1 unspecified atom stereocenters. The number of hydrogen-bond acceptors (Lipinski definition) is 3. The molecule has 0 aliphatic rings. The van der Waals surface area contributed by atoms with Gasteiger partial charge in [0.05, 0.1) is 17.9 Å². The Morgan fingerprint density at radius 1 is 1.36 bits per heavy atom. The van der Waals surface area contributed by atoms with Crippen LogP contribution in [0.15, 0.2) is 0 Å². The Balaban J connectivity index is 4.35. The maximum atomic E-state index is 8.51. The molecule has 5 heteroatoms. The molecule has 0 spiro atoms. The van der Waals surface area contributed by atoms with Crippen molar-refractivity contribution in [1.82, 2.24) is 4.67 Å². The fourth-order valence-corrected chi connectivity index (χ4v) is 3.56. The largest absolute Gasteiger partial charge is 0.254 e. The van der Waals surface area contributed by atoms with Crippen LogP contribution in [0.25, 0.3) is 0 Å². The van der Waals surface area contributed by atoms with Crippen LogP contribution in [0.5, 0.6) is 0 Å². The molecule has 82 valence electrons. The van der Waals surface area contributed by atoms with Gasteiger partial charge in [-0.3, -0.25) is 4.67 Å². The van der Waals surface area contributed by atoms with Crippen molar-refractivity contribution < 1.29 is 4.08 Å². The molecule has 3 nitrogen and oxygen atoms in total. The molecule has 0 radical (unpaired) electrons. The predicted octanol–water partition coefficient (Wildman–Crippen LogP) is 3.50. The smallest absolute Gasteiger partial charge is 0.130 e. The number of halogens is 1. The lowest BCUT2D eigenvalue weighted by Crippen LogP contribution is -2.33. The van der Waals surface area contributed by atoms with Gasteiger partial charge in [0.25, 0.3) is 0 Å². The molecule has 0 fully saturated rings. The summed E-state index contributed by atoms with van der Waals surface area (Å²) in [6.07, 6.45) is 1.21. The average molecular weight is 237 g/mol. The average Bonchev–Trinajstić information content (AvgIpc) is 2.10. The topological polar surface area (TPSA) is 36.3 Å². The highest BCUT2D eigenvalue weighted by molar-refractivity contribution is 7.51. The molecule has 0 aromatic carbocycles. The van der Waals surface area contributed by atoms with Gasteiger partial charge in [0.2, 0.25) is 0 Å². The van der Waals surface area contributed by atoms with E-state index < -0.39 is 8.30 Å². The summed E-state index contributed by atoms with van der Waals surface area (Å²) in [5.41, 5.74) is 0. The van der Waals surface area contributed by atoms with Crippen LogP contribution in [0.1, 0.15) is 34.1 Å². The Morgan fingerprint density at radius 3 is 2.14 bits per heavy atom. The van der Waals surface area contributed by atoms with Gasteiger partial charge in [-0.25, -0.2) is 4.08 Å². The second-order valence-corrected chi connectivity index (χ2v) is 5.79. The summed E-state index contributed by atoms with van der Waals surface area (Å²) in [7, 11) is -0.830. The summed E-state index contributed by atoms with van der Waals surface area (Å²) in [5.74, 6) is 0. The van der Waals surface area contributed by atoms with Gasteiger partial charge in [-0.05, 0) is 27.7 Å². The molecule has 0 aliphatic carbocycles. The molecule has 0 saturated heterocycles. The van der Waals surface area contributed by atoms with E-state index in [4.69, 9.17) is 21.2 Å². The fraction of sp³-hybridized carbons (Fsp3) is 0.889. The maximum absolute atomic E-state index is 8.51. The molecule has 0 saturated carbocycles. The Labute approximate surface area is 93.0 Å². The van der Waals surface area contributed by atoms with E-state index in [1.165, 1.54) is 0 Å². The highest BCUT2D eigenvalue weighted by atomic mass is 35.5. The van der Waals surface area contributed by atoms with E-state index in [1.54, 1.807) is 0 Å². The van der Waals surface area contributed by atoms with Gasteiger partial charge in [0.15, 0.2) is 0 Å². The maximum Gasteiger partial charge on any atom is 0.130 e. The van der Waals surface area contributed by atoms with Crippen LogP contribution in [-0.2, 0) is 4.08 Å². The second kappa shape index (κ2) is 7.43. The lowest BCUT2D eigenvalue weighted by atomic mass is 10.3. The lowest BCUT2D eigenvalue weighted by Gasteiger charge is -2.34. The van der Waals surface area contributed by atoms with Crippen molar-refractivity contribution in [3.05, 3.63) is 0 Å². The van der Waals surface area contributed by atoms with Crippen LogP contribution in [0.2, 0.25) is 0 Å². The highest BCUT2D eigenvalue weighted by Crippen LogP contribution is 2.46. The third kappa shape index (κ3) is 4.57. The van der Waals surface area contributed by atoms with E-state index in [9.17, 15) is 0 Å². The van der Waals surface area contributed by atoms with Crippen molar-refractivity contribution in [1.29, 1.82) is 5.26 Å². The fourth-order valence-electron chi connectivity index (χ4n) is 1.44. The zero-order valence-electron chi connectivity index (χ0n) is 9.20. The molecule has 0 aliphatic heterocycles. The zero-order chi connectivity index (χ0) is 11.1. The van der Waals surface area contributed by atoms with Crippen molar-refractivity contribution >= 4 is 20.2 Å². The number of hydrogen-bond donors (Lipinski definition) is 0. The summed E-state index contributed by atoms with van der Waals surface area (Å²) in [6, 6.07) is 2.89. The molecular formula is C9H18ClN2OP. The lowest BCUT2D eigenvalue weighted by molar-refractivity contribution is 0.302. The molecule has 0 amide bonds. The van der Waals surface area contributed by atoms with E-state index in [1.807, 2.05) is 0 Å². The predicted molar refractivity (Wildman–Crippen MR) is 61.1 cm³/mol. The summed E-state index contributed by atoms with van der Waals surface area (Å²) in [5, 5.41) is 8.51. The van der Waals surface area contributed by atoms with Crippen molar-refractivity contribution in [3.63, 3.8) is 0 Å². The first-order valence-electron chi connectivity index (χ1n) is 4.76. The first-order chi connectivity index (χ1) is 6.54. The Bertz CT molecular complexity index is 186. The minimum Gasteiger partial charge on any atom is -0.254 e. The highest BCUT2D eigenvalue weighted by Gasteiger charge is 2.24. The van der Waals surface area contributed by atoms with Gasteiger partial charge in [-0.2, -0.15) is 5.26 Å². The van der Waals surface area contributed by atoms with Crippen molar-refractivity contribution in [2.75, 3.05) is 6.16 Å². The van der Waals surface area contributed by atoms with Crippen molar-refractivity contribution in [2.45, 2.75) is 46.2 Å². The van der Waals surface area contributed by atoms with Crippen LogP contribution in [-0.4, -0.2) is 22.9 Å². The quantitative estimate of drug-likeness (QED) is 0.663. The molecule has 0 heterocycles. The first-order valence-corrected chi connectivity index (χ1v) is 6.46. The summed E-state index contributed by atoms with van der Waals surface area (Å²) >= 11 is 5.46. The van der Waals surface area contributed by atoms with Crippen LogP contribution in [0, 0.1) is 11.3 Å². The molecule has 1 atom stereocenters. The van der Waals surface area contributed by atoms with Crippen molar-refractivity contribution in [3.8, 4) is 6.07 Å². The molecule has 0 aromatic rings. The molecule has 0 N–H and O–H groups in total. The van der Waals surface area contributed by atoms with E-state index in [2.05, 4.69) is 38.4 Å². The molecular weight excluding hydrogens is 219 g/mol. The van der Waals surface area contributed by atoms with Crippen molar-refractivity contribution in [2.24, 2.45) is 0 Å². The summed E-state index contributed by atoms with van der Waals surface area (Å²) in [4.78, 5) is 0. The Hall–Kier alpha value is 0.130. The van der Waals surface area contributed by atoms with Crippen LogP contribution in [0.4, 0.5) is 0 Å². The standard InChI is InChI=1S/C9H18ClN2OP/c1-8(2)12(9(3)4)14(13-10)7-5-6-11/h8-9H,5,7H2,1-4H3. The monoisotopic (exact) mass is 236 g/mol. The zero-order valence-corrected chi connectivity index (χ0v) is 10.8. The second-order valence-electron chi connectivity index (χ2n) is 3.62. The first kappa shape index (κ1) is 14.1. The number of nitrogens with zero attached hydrogens (tertiary/aromatic N) is 2. The minimum atomic E-state index is -0.830. The third-order valence-corrected chi connectivity index (χ3v) is 4.49. The van der Waals surface area contributed by atoms with Crippen LogP contribution < -0.4 is 0 Å². The molecule has 0 bridgehead atoms. The van der Waals surface area contributed by atoms with E-state index in [0.717, 1.165) is 0 Å². The SMILES string of the molecule is CC(C)N(C(C)C)P(CCC#N)OCl. The number of nitriles is 1. The van der Waals surface area contributed by atoms with Gasteiger partial charge in [0.1, 0.15) is 8.30 Å². The minimum absolute atomic E-state index is 0.388. The normalized spacial score (nSPS) is 13.6. The number of rotatable bonds is 6. The Morgan fingerprint density at radius 2 is 1.86 bits per heavy atom. The van der Waals surface area contributed by atoms with E-state index in [0.29, 0.717) is 24.7 Å². The van der Waals surface area contributed by atoms with Gasteiger partial charge in [-0.15, -0.1) is 0 Å². The van der Waals surface area contributed by atoms with E-state index >= 15 is 0 Å². The van der Waals surface area contributed by atoms with Crippen LogP contribution in [0.3, 0.4) is 0 Å². The third-order valence-electron chi connectivity index (χ3n) is 1.81. The van der Waals surface area contributed by atoms with Gasteiger partial charge in [0, 0.05) is 24.7 Å².